The highest BCUT2D eigenvalue weighted by atomic mass is 16.2. The van der Waals surface area contributed by atoms with Crippen molar-refractivity contribution in [1.29, 1.82) is 5.26 Å². The Morgan fingerprint density at radius 2 is 2.17 bits per heavy atom. The molecule has 0 bridgehead atoms. The lowest BCUT2D eigenvalue weighted by Gasteiger charge is -2.24. The topological polar surface area (TPSA) is 97.6 Å². The van der Waals surface area contributed by atoms with Gasteiger partial charge in [-0.05, 0) is 12.3 Å². The summed E-state index contributed by atoms with van der Waals surface area (Å²) in [5.74, 6) is 1.67. The van der Waals surface area contributed by atoms with Crippen LogP contribution in [0.1, 0.15) is 17.8 Å². The highest BCUT2D eigenvalue weighted by molar-refractivity contribution is 5.51. The molecule has 8 nitrogen and oxygen atoms in total. The predicted octanol–water partition coefficient (Wildman–Crippen LogP) is -0.173. The monoisotopic (exact) mass is 314 g/mol. The van der Waals surface area contributed by atoms with Gasteiger partial charge in [-0.1, -0.05) is 0 Å². The van der Waals surface area contributed by atoms with Gasteiger partial charge in [-0.2, -0.15) is 5.26 Å². The molecule has 1 atom stereocenters. The summed E-state index contributed by atoms with van der Waals surface area (Å²) in [4.78, 5) is 28.4. The molecule has 0 aliphatic carbocycles. The van der Waals surface area contributed by atoms with Crippen LogP contribution in [0, 0.1) is 17.2 Å². The number of rotatable bonds is 3. The molecule has 2 aromatic heterocycles. The largest absolute Gasteiger partial charge is 0.370 e. The van der Waals surface area contributed by atoms with Crippen molar-refractivity contribution in [3.63, 3.8) is 0 Å². The van der Waals surface area contributed by atoms with Crippen LogP contribution in [0.3, 0.4) is 0 Å². The van der Waals surface area contributed by atoms with Crippen LogP contribution in [-0.4, -0.2) is 25.2 Å². The second-order valence-corrected chi connectivity index (χ2v) is 5.82. The molecule has 23 heavy (non-hydrogen) atoms. The van der Waals surface area contributed by atoms with Crippen molar-refractivity contribution < 1.29 is 0 Å². The zero-order valence-electron chi connectivity index (χ0n) is 13.1. The highest BCUT2D eigenvalue weighted by Crippen LogP contribution is 2.20. The number of nitrogens with zero attached hydrogens (tertiary/aromatic N) is 5. The van der Waals surface area contributed by atoms with E-state index in [2.05, 4.69) is 14.9 Å². The fraction of sp³-hybridized carbons (Fsp3) is 0.467. The zero-order valence-corrected chi connectivity index (χ0v) is 13.1. The maximum atomic E-state index is 12.0. The van der Waals surface area contributed by atoms with Crippen LogP contribution in [0.2, 0.25) is 0 Å². The average Bonchev–Trinajstić information content (AvgIpc) is 3.02. The maximum Gasteiger partial charge on any atom is 0.332 e. The van der Waals surface area contributed by atoms with Crippen molar-refractivity contribution in [3.05, 3.63) is 44.6 Å². The third-order valence-corrected chi connectivity index (χ3v) is 4.39. The highest BCUT2D eigenvalue weighted by Gasteiger charge is 2.21. The van der Waals surface area contributed by atoms with Crippen LogP contribution in [0.4, 0.5) is 5.82 Å². The fourth-order valence-corrected chi connectivity index (χ4v) is 2.98. The minimum atomic E-state index is -0.572. The van der Waals surface area contributed by atoms with Gasteiger partial charge >= 0.3 is 5.69 Å². The van der Waals surface area contributed by atoms with Crippen molar-refractivity contribution in [1.82, 2.24) is 18.7 Å². The zero-order chi connectivity index (χ0) is 16.6. The molecule has 0 spiro atoms. The summed E-state index contributed by atoms with van der Waals surface area (Å²) in [6, 6.07) is 1.90. The molecular weight excluding hydrogens is 296 g/mol. The number of hydrogen-bond acceptors (Lipinski definition) is 5. The van der Waals surface area contributed by atoms with Crippen LogP contribution in [0.5, 0.6) is 0 Å². The molecule has 0 fully saturated rings. The number of aryl methyl sites for hydroxylation is 1. The smallest absolute Gasteiger partial charge is 0.332 e. The summed E-state index contributed by atoms with van der Waals surface area (Å²) in [5, 5.41) is 12.4. The number of nitriles is 1. The Labute approximate surface area is 132 Å². The molecule has 3 rings (SSSR count). The molecule has 0 saturated heterocycles. The van der Waals surface area contributed by atoms with Gasteiger partial charge in [0, 0.05) is 46.0 Å². The number of imidazole rings is 1. The Kier molecular flexibility index (Phi) is 3.78. The predicted molar refractivity (Wildman–Crippen MR) is 84.2 cm³/mol. The first-order valence-corrected chi connectivity index (χ1v) is 7.47. The van der Waals surface area contributed by atoms with E-state index in [4.69, 9.17) is 0 Å². The maximum absolute atomic E-state index is 12.0. The quantitative estimate of drug-likeness (QED) is 0.848. The molecule has 1 aliphatic rings. The number of aromatic nitrogens is 4. The first kappa shape index (κ1) is 15.1. The summed E-state index contributed by atoms with van der Waals surface area (Å²) >= 11 is 0. The van der Waals surface area contributed by atoms with Crippen LogP contribution < -0.4 is 16.6 Å². The molecule has 1 N–H and O–H groups in total. The molecule has 8 heteroatoms. The second kappa shape index (κ2) is 5.76. The van der Waals surface area contributed by atoms with Gasteiger partial charge in [0.05, 0.1) is 0 Å². The molecule has 0 radical (unpaired) electrons. The van der Waals surface area contributed by atoms with E-state index in [1.165, 1.54) is 11.6 Å². The normalized spacial score (nSPS) is 16.7. The molecule has 3 heterocycles. The van der Waals surface area contributed by atoms with Gasteiger partial charge in [-0.25, -0.2) is 9.78 Å². The van der Waals surface area contributed by atoms with Crippen LogP contribution in [-0.2, 0) is 27.1 Å². The van der Waals surface area contributed by atoms with E-state index in [1.807, 2.05) is 12.3 Å². The molecule has 1 unspecified atom stereocenters. The molecule has 120 valence electrons. The Bertz CT molecular complexity index is 898. The summed E-state index contributed by atoms with van der Waals surface area (Å²) in [5.41, 5.74) is -1.06. The van der Waals surface area contributed by atoms with E-state index < -0.39 is 11.2 Å². The average molecular weight is 314 g/mol. The van der Waals surface area contributed by atoms with Crippen LogP contribution in [0.15, 0.2) is 22.0 Å². The van der Waals surface area contributed by atoms with E-state index in [9.17, 15) is 14.9 Å². The van der Waals surface area contributed by atoms with Crippen molar-refractivity contribution in [2.45, 2.75) is 19.4 Å². The molecular formula is C15H18N6O2. The van der Waals surface area contributed by atoms with Gasteiger partial charge in [0.25, 0.3) is 5.56 Å². The Hall–Kier alpha value is -2.82. The fourth-order valence-electron chi connectivity index (χ4n) is 2.98. The lowest BCUT2D eigenvalue weighted by molar-refractivity contribution is 0.396. The summed E-state index contributed by atoms with van der Waals surface area (Å²) in [6.07, 6.45) is 5.58. The first-order valence-electron chi connectivity index (χ1n) is 7.47. The van der Waals surface area contributed by atoms with Crippen molar-refractivity contribution in [3.8, 4) is 6.07 Å². The van der Waals surface area contributed by atoms with Gasteiger partial charge in [0.1, 0.15) is 17.7 Å². The molecule has 0 amide bonds. The van der Waals surface area contributed by atoms with Crippen LogP contribution in [0.25, 0.3) is 0 Å². The Morgan fingerprint density at radius 3 is 2.91 bits per heavy atom. The number of hydrogen-bond donors (Lipinski definition) is 1. The summed E-state index contributed by atoms with van der Waals surface area (Å²) in [7, 11) is 2.93. The van der Waals surface area contributed by atoms with Gasteiger partial charge in [-0.15, -0.1) is 0 Å². The molecule has 2 aromatic rings. The third-order valence-electron chi connectivity index (χ3n) is 4.39. The molecule has 1 aliphatic heterocycles. The lowest BCUT2D eigenvalue weighted by Crippen LogP contribution is -2.40. The van der Waals surface area contributed by atoms with E-state index in [0.29, 0.717) is 12.5 Å². The Balaban J connectivity index is 1.83. The van der Waals surface area contributed by atoms with Crippen molar-refractivity contribution in [2.24, 2.45) is 20.0 Å². The lowest BCUT2D eigenvalue weighted by atomic mass is 9.98. The standard InChI is InChI=1S/C15H18N6O2/c1-19-13(11(8-16)14(22)20(2)15(19)23)18-9-10-3-5-21-6-4-17-12(21)7-10/h4,6,10,18H,3,5,7,9H2,1-2H3. The van der Waals surface area contributed by atoms with Crippen LogP contribution >= 0.6 is 0 Å². The van der Waals surface area contributed by atoms with Gasteiger partial charge < -0.3 is 9.88 Å². The van der Waals surface area contributed by atoms with E-state index in [-0.39, 0.29) is 11.4 Å². The third kappa shape index (κ3) is 2.54. The number of nitrogens with one attached hydrogen (secondary N) is 1. The minimum Gasteiger partial charge on any atom is -0.370 e. The van der Waals surface area contributed by atoms with Crippen molar-refractivity contribution >= 4 is 5.82 Å². The van der Waals surface area contributed by atoms with Gasteiger partial charge in [0.2, 0.25) is 0 Å². The summed E-state index contributed by atoms with van der Waals surface area (Å²) in [6.45, 7) is 1.49. The van der Waals surface area contributed by atoms with Crippen molar-refractivity contribution in [2.75, 3.05) is 11.9 Å². The molecule has 0 aromatic carbocycles. The first-order chi connectivity index (χ1) is 11.0. The van der Waals surface area contributed by atoms with Gasteiger partial charge in [-0.3, -0.25) is 13.9 Å². The van der Waals surface area contributed by atoms with E-state index in [1.54, 1.807) is 13.2 Å². The Morgan fingerprint density at radius 1 is 1.39 bits per heavy atom. The summed E-state index contributed by atoms with van der Waals surface area (Å²) < 4.78 is 4.39. The minimum absolute atomic E-state index is 0.0353. The van der Waals surface area contributed by atoms with Gasteiger partial charge in [0.15, 0.2) is 5.56 Å². The second-order valence-electron chi connectivity index (χ2n) is 5.82. The van der Waals surface area contributed by atoms with E-state index in [0.717, 1.165) is 29.8 Å². The molecule has 0 saturated carbocycles. The SMILES string of the molecule is Cn1c(NCC2CCn3ccnc3C2)c(C#N)c(=O)n(C)c1=O. The number of fused-ring (bicyclic) bond motifs is 1. The number of anilines is 1. The van der Waals surface area contributed by atoms with E-state index >= 15 is 0 Å².